The van der Waals surface area contributed by atoms with Crippen molar-refractivity contribution in [3.8, 4) is 5.75 Å². The molecule has 0 spiro atoms. The van der Waals surface area contributed by atoms with Crippen molar-refractivity contribution in [3.63, 3.8) is 0 Å². The third-order valence-corrected chi connectivity index (χ3v) is 5.35. The van der Waals surface area contributed by atoms with Crippen LogP contribution in [0.5, 0.6) is 5.75 Å². The van der Waals surface area contributed by atoms with Crippen molar-refractivity contribution in [2.45, 2.75) is 13.2 Å². The molecule has 1 saturated heterocycles. The van der Waals surface area contributed by atoms with Gasteiger partial charge in [-0.3, -0.25) is 9.69 Å². The molecule has 0 atom stereocenters. The second-order valence-corrected chi connectivity index (χ2v) is 7.63. The van der Waals surface area contributed by atoms with E-state index in [1.54, 1.807) is 18.2 Å². The zero-order valence-corrected chi connectivity index (χ0v) is 17.1. The van der Waals surface area contributed by atoms with E-state index in [1.165, 1.54) is 18.4 Å². The van der Waals surface area contributed by atoms with E-state index in [0.717, 1.165) is 36.9 Å². The number of ether oxygens (including phenoxy) is 1. The lowest BCUT2D eigenvalue weighted by molar-refractivity contribution is 0.224. The lowest BCUT2D eigenvalue weighted by Crippen LogP contribution is -2.46. The molecule has 2 heterocycles. The third-order valence-electron chi connectivity index (χ3n) is 5.12. The normalized spacial score (nSPS) is 14.7. The number of anilines is 1. The van der Waals surface area contributed by atoms with E-state index in [1.807, 2.05) is 18.2 Å². The molecule has 1 aliphatic rings. The highest BCUT2D eigenvalue weighted by Crippen LogP contribution is 2.21. The highest BCUT2D eigenvalue weighted by molar-refractivity contribution is 6.30. The molecule has 0 radical (unpaired) electrons. The minimum absolute atomic E-state index is 0.0256. The van der Waals surface area contributed by atoms with Crippen molar-refractivity contribution < 1.29 is 13.5 Å². The van der Waals surface area contributed by atoms with Crippen molar-refractivity contribution in [3.05, 3.63) is 93.2 Å². The molecule has 156 valence electrons. The zero-order valence-electron chi connectivity index (χ0n) is 16.4. The predicted octanol–water partition coefficient (Wildman–Crippen LogP) is 4.33. The Balaban J connectivity index is 1.32. The molecule has 30 heavy (non-hydrogen) atoms. The molecule has 1 aliphatic heterocycles. The van der Waals surface area contributed by atoms with Crippen LogP contribution in [-0.2, 0) is 13.2 Å². The molecule has 1 aromatic heterocycles. The van der Waals surface area contributed by atoms with Crippen LogP contribution in [0, 0.1) is 5.82 Å². The van der Waals surface area contributed by atoms with Crippen LogP contribution in [0.25, 0.3) is 0 Å². The molecule has 0 unspecified atom stereocenters. The fourth-order valence-electron chi connectivity index (χ4n) is 3.46. The monoisotopic (exact) mass is 428 g/mol. The van der Waals surface area contributed by atoms with Gasteiger partial charge in [0, 0.05) is 48.5 Å². The number of hydrogen-bond acceptors (Lipinski definition) is 5. The number of benzene rings is 2. The van der Waals surface area contributed by atoms with Gasteiger partial charge in [0.2, 0.25) is 11.2 Å². The zero-order chi connectivity index (χ0) is 20.9. The van der Waals surface area contributed by atoms with Crippen molar-refractivity contribution in [1.82, 2.24) is 4.90 Å². The maximum Gasteiger partial charge on any atom is 0.227 e. The van der Waals surface area contributed by atoms with Gasteiger partial charge in [0.05, 0.1) is 6.54 Å². The van der Waals surface area contributed by atoms with E-state index in [2.05, 4.69) is 15.9 Å². The summed E-state index contributed by atoms with van der Waals surface area (Å²) in [5.41, 5.74) is 1.23. The van der Waals surface area contributed by atoms with Gasteiger partial charge >= 0.3 is 0 Å². The van der Waals surface area contributed by atoms with Crippen LogP contribution in [0.15, 0.2) is 70.1 Å². The van der Waals surface area contributed by atoms with E-state index >= 15 is 0 Å². The molecule has 0 aliphatic carbocycles. The van der Waals surface area contributed by atoms with Gasteiger partial charge < -0.3 is 14.1 Å². The minimum atomic E-state index is -0.365. The summed E-state index contributed by atoms with van der Waals surface area (Å²) < 4.78 is 24.7. The minimum Gasteiger partial charge on any atom is -0.482 e. The average Bonchev–Trinajstić information content (AvgIpc) is 2.75. The second-order valence-electron chi connectivity index (χ2n) is 7.20. The third kappa shape index (κ3) is 5.01. The lowest BCUT2D eigenvalue weighted by atomic mass is 10.2. The lowest BCUT2D eigenvalue weighted by Gasteiger charge is -2.35. The number of hydrogen-bond donors (Lipinski definition) is 0. The number of rotatable bonds is 6. The molecule has 1 fully saturated rings. The molecule has 4 rings (SSSR count). The number of piperazine rings is 1. The summed E-state index contributed by atoms with van der Waals surface area (Å²) in [4.78, 5) is 16.9. The topological polar surface area (TPSA) is 45.9 Å². The van der Waals surface area contributed by atoms with Crippen LogP contribution in [0.1, 0.15) is 11.3 Å². The summed E-state index contributed by atoms with van der Waals surface area (Å²) in [5.74, 6) is 0.289. The standard InChI is InChI=1S/C23H22ClFN2O3/c24-18-5-3-6-19(12-18)27-10-8-26(9-11-27)14-20-13-22(28)23(16-29-20)30-15-17-4-1-2-7-21(17)25/h1-7,12-13,16H,8-11,14-15H2. The van der Waals surface area contributed by atoms with E-state index in [-0.39, 0.29) is 23.6 Å². The number of halogens is 2. The summed E-state index contributed by atoms with van der Waals surface area (Å²) in [6, 6.07) is 15.6. The van der Waals surface area contributed by atoms with Gasteiger partial charge in [0.25, 0.3) is 0 Å². The molecular formula is C23H22ClFN2O3. The summed E-state index contributed by atoms with van der Waals surface area (Å²) in [7, 11) is 0. The Morgan fingerprint density at radius 2 is 1.83 bits per heavy atom. The summed E-state index contributed by atoms with van der Waals surface area (Å²) in [6.45, 7) is 3.96. The molecule has 0 bridgehead atoms. The summed E-state index contributed by atoms with van der Waals surface area (Å²) in [5, 5.41) is 0.731. The predicted molar refractivity (Wildman–Crippen MR) is 115 cm³/mol. The Hall–Kier alpha value is -2.83. The van der Waals surface area contributed by atoms with Gasteiger partial charge in [0.1, 0.15) is 24.4 Å². The highest BCUT2D eigenvalue weighted by atomic mass is 35.5. The van der Waals surface area contributed by atoms with Crippen molar-refractivity contribution in [1.29, 1.82) is 0 Å². The Morgan fingerprint density at radius 1 is 1.03 bits per heavy atom. The van der Waals surface area contributed by atoms with Crippen LogP contribution in [0.4, 0.5) is 10.1 Å². The maximum atomic E-state index is 13.7. The Bertz CT molecular complexity index is 1060. The Morgan fingerprint density at radius 3 is 2.57 bits per heavy atom. The van der Waals surface area contributed by atoms with E-state index < -0.39 is 0 Å². The smallest absolute Gasteiger partial charge is 0.227 e. The van der Waals surface area contributed by atoms with E-state index in [9.17, 15) is 9.18 Å². The van der Waals surface area contributed by atoms with Crippen molar-refractivity contribution >= 4 is 17.3 Å². The number of nitrogens with zero attached hydrogens (tertiary/aromatic N) is 2. The first-order valence-corrected chi connectivity index (χ1v) is 10.2. The first-order valence-electron chi connectivity index (χ1n) is 9.79. The van der Waals surface area contributed by atoms with Crippen LogP contribution in [0.2, 0.25) is 5.02 Å². The van der Waals surface area contributed by atoms with Gasteiger partial charge in [-0.1, -0.05) is 35.9 Å². The SMILES string of the molecule is O=c1cc(CN2CCN(c3cccc(Cl)c3)CC2)occ1OCc1ccccc1F. The van der Waals surface area contributed by atoms with E-state index in [0.29, 0.717) is 17.9 Å². The molecule has 7 heteroatoms. The maximum absolute atomic E-state index is 13.7. The molecule has 0 N–H and O–H groups in total. The summed E-state index contributed by atoms with van der Waals surface area (Å²) in [6.07, 6.45) is 1.31. The molecule has 0 amide bonds. The van der Waals surface area contributed by atoms with Crippen LogP contribution >= 0.6 is 11.6 Å². The molecular weight excluding hydrogens is 407 g/mol. The largest absolute Gasteiger partial charge is 0.482 e. The first kappa shape index (κ1) is 20.4. The summed E-state index contributed by atoms with van der Waals surface area (Å²) >= 11 is 6.08. The first-order chi connectivity index (χ1) is 14.6. The van der Waals surface area contributed by atoms with E-state index in [4.69, 9.17) is 20.8 Å². The Labute approximate surface area is 179 Å². The average molecular weight is 429 g/mol. The van der Waals surface area contributed by atoms with Crippen LogP contribution in [0.3, 0.4) is 0 Å². The van der Waals surface area contributed by atoms with Gasteiger partial charge in [-0.2, -0.15) is 0 Å². The fourth-order valence-corrected chi connectivity index (χ4v) is 3.64. The molecule has 5 nitrogen and oxygen atoms in total. The van der Waals surface area contributed by atoms with Gasteiger partial charge in [-0.25, -0.2) is 4.39 Å². The molecule has 3 aromatic rings. The molecule has 2 aromatic carbocycles. The molecule has 0 saturated carbocycles. The second kappa shape index (κ2) is 9.32. The quantitative estimate of drug-likeness (QED) is 0.584. The van der Waals surface area contributed by atoms with Crippen LogP contribution < -0.4 is 15.1 Å². The van der Waals surface area contributed by atoms with Gasteiger partial charge in [0.15, 0.2) is 0 Å². The van der Waals surface area contributed by atoms with Crippen molar-refractivity contribution in [2.75, 3.05) is 31.1 Å². The van der Waals surface area contributed by atoms with Crippen molar-refractivity contribution in [2.24, 2.45) is 0 Å². The Kier molecular flexibility index (Phi) is 6.35. The van der Waals surface area contributed by atoms with Crippen LogP contribution in [-0.4, -0.2) is 31.1 Å². The fraction of sp³-hybridized carbons (Fsp3) is 0.261. The van der Waals surface area contributed by atoms with Gasteiger partial charge in [-0.05, 0) is 24.3 Å². The van der Waals surface area contributed by atoms with Gasteiger partial charge in [-0.15, -0.1) is 0 Å². The highest BCUT2D eigenvalue weighted by Gasteiger charge is 2.19.